The summed E-state index contributed by atoms with van der Waals surface area (Å²) in [6.45, 7) is 4.71. The second-order valence-corrected chi connectivity index (χ2v) is 0.866. The fraction of sp³-hybridized carbons (Fsp3) is 1.00. The minimum absolute atomic E-state index is 0. The third kappa shape index (κ3) is 907. The van der Waals surface area contributed by atoms with Crippen LogP contribution in [0.1, 0.15) is 22.2 Å². The van der Waals surface area contributed by atoms with Crippen molar-refractivity contribution >= 4 is 0 Å². The first-order chi connectivity index (χ1) is 4.24. The van der Waals surface area contributed by atoms with Crippen LogP contribution in [0.3, 0.4) is 0 Å². The Kier molecular flexibility index (Phi) is 119. The summed E-state index contributed by atoms with van der Waals surface area (Å²) in [6.07, 6.45) is 0. The molecule has 0 spiro atoms. The average Bonchev–Trinajstić information content (AvgIpc) is 1.70. The molecule has 0 fully saturated rings. The van der Waals surface area contributed by atoms with E-state index in [1.165, 1.54) is 0 Å². The maximum Gasteiger partial charge on any atom is 4.00 e. The molecule has 0 aliphatic rings. The normalized spacial score (nSPS) is 5.40. The van der Waals surface area contributed by atoms with E-state index in [1.54, 1.807) is 20.8 Å². The van der Waals surface area contributed by atoms with Crippen molar-refractivity contribution in [3.05, 3.63) is 0 Å². The van der Waals surface area contributed by atoms with Gasteiger partial charge in [0.2, 0.25) is 0 Å². The first-order valence-electron chi connectivity index (χ1n) is 2.99. The van der Waals surface area contributed by atoms with Gasteiger partial charge in [0.25, 0.3) is 0 Å². The quantitative estimate of drug-likeness (QED) is 0.491. The molecular weight excluding hydrogens is 211 g/mol. The van der Waals surface area contributed by atoms with Crippen molar-refractivity contribution in [3.63, 3.8) is 0 Å². The van der Waals surface area contributed by atoms with Gasteiger partial charge in [0.1, 0.15) is 0 Å². The van der Waals surface area contributed by atoms with Crippen molar-refractivity contribution in [2.24, 2.45) is 0 Å². The monoisotopic (exact) mass is 226 g/mol. The van der Waals surface area contributed by atoms with E-state index in [1.807, 2.05) is 0 Å². The maximum atomic E-state index is 8.93. The van der Waals surface area contributed by atoms with Gasteiger partial charge in [-0.15, -0.1) is 19.8 Å². The summed E-state index contributed by atoms with van der Waals surface area (Å²) in [7, 11) is 0. The van der Waals surface area contributed by atoms with Crippen LogP contribution in [-0.2, 0) is 26.2 Å². The summed E-state index contributed by atoms with van der Waals surface area (Å²) in [5, 5.41) is 26.8. The molecule has 0 amide bonds. The molecule has 0 saturated heterocycles. The van der Waals surface area contributed by atoms with Gasteiger partial charge in [-0.3, -0.25) is 0 Å². The topological polar surface area (TPSA) is 69.2 Å². The van der Waals surface area contributed by atoms with Gasteiger partial charge in [-0.05, 0) is 0 Å². The van der Waals surface area contributed by atoms with Crippen LogP contribution < -0.4 is 15.3 Å². The van der Waals surface area contributed by atoms with Gasteiger partial charge < -0.3 is 16.7 Å². The van der Waals surface area contributed by atoms with Crippen molar-refractivity contribution in [2.45, 2.75) is 20.8 Å². The van der Waals surface area contributed by atoms with Crippen LogP contribution in [0.5, 0.6) is 0 Å². The molecule has 0 saturated carbocycles. The number of hydrogen-bond donors (Lipinski definition) is 0. The largest absolute Gasteiger partial charge is 4.00 e. The van der Waals surface area contributed by atoms with Gasteiger partial charge in [0.05, 0.1) is 0 Å². The van der Waals surface area contributed by atoms with Crippen molar-refractivity contribution in [2.75, 3.05) is 19.8 Å². The van der Waals surface area contributed by atoms with Crippen LogP contribution in [0, 0.1) is 0 Å². The van der Waals surface area contributed by atoms with Crippen molar-refractivity contribution < 1.29 is 42.9 Å². The Morgan fingerprint density at radius 1 is 0.800 bits per heavy atom. The Hall–Kier alpha value is 0.763. The van der Waals surface area contributed by atoms with E-state index < -0.39 is 0 Å². The Morgan fingerprint density at radius 2 is 0.800 bits per heavy atom. The van der Waals surface area contributed by atoms with Gasteiger partial charge in [-0.25, -0.2) is 0 Å². The van der Waals surface area contributed by atoms with E-state index >= 15 is 0 Å². The van der Waals surface area contributed by atoms with Gasteiger partial charge >= 0.3 is 26.2 Å². The predicted octanol–water partition coefficient (Wildman–Crippen LogP) is -1.79. The molecule has 0 aromatic carbocycles. The molecule has 0 aliphatic carbocycles. The minimum Gasteiger partial charge on any atom is -1.00 e. The van der Waals surface area contributed by atoms with Crippen LogP contribution in [-0.4, -0.2) is 19.8 Å². The van der Waals surface area contributed by atoms with Gasteiger partial charge in [0, 0.05) is 0 Å². The Balaban J connectivity index is -0.0000000150. The minimum atomic E-state index is 0. The summed E-state index contributed by atoms with van der Waals surface area (Å²) >= 11 is 0. The van der Waals surface area contributed by atoms with Gasteiger partial charge in [-0.1, -0.05) is 20.8 Å². The van der Waals surface area contributed by atoms with Gasteiger partial charge in [-0.2, -0.15) is 0 Å². The summed E-state index contributed by atoms with van der Waals surface area (Å²) in [4.78, 5) is 0. The molecule has 62 valence electrons. The zero-order valence-corrected chi connectivity index (χ0v) is 9.30. The summed E-state index contributed by atoms with van der Waals surface area (Å²) in [5.41, 5.74) is 0. The number of hydrogen-bond acceptors (Lipinski definition) is 3. The molecule has 10 heavy (non-hydrogen) atoms. The van der Waals surface area contributed by atoms with E-state index in [0.717, 1.165) is 0 Å². The molecule has 0 heterocycles. The second kappa shape index (κ2) is 52.9. The number of rotatable bonds is 0. The molecule has 0 aliphatic heterocycles. The zero-order valence-electron chi connectivity index (χ0n) is 7.85. The molecule has 0 aromatic heterocycles. The van der Waals surface area contributed by atoms with E-state index in [4.69, 9.17) is 15.3 Å². The van der Waals surface area contributed by atoms with E-state index in [2.05, 4.69) is 0 Å². The summed E-state index contributed by atoms with van der Waals surface area (Å²) in [5.74, 6) is 0. The summed E-state index contributed by atoms with van der Waals surface area (Å²) in [6, 6.07) is 0. The third-order valence-corrected chi connectivity index (χ3v) is 0. The van der Waals surface area contributed by atoms with Crippen molar-refractivity contribution in [3.8, 4) is 0 Å². The Morgan fingerprint density at radius 3 is 0.800 bits per heavy atom. The van der Waals surface area contributed by atoms with Crippen LogP contribution in [0.15, 0.2) is 0 Å². The molecular formula is C6H16O3Zr. The SMILES string of the molecule is CC[O-].CC[O-].CC[O-].[H-].[Zr+4]. The predicted molar refractivity (Wildman–Crippen MR) is 32.7 cm³/mol. The van der Waals surface area contributed by atoms with Gasteiger partial charge in [0.15, 0.2) is 0 Å². The first kappa shape index (κ1) is 22.4. The Labute approximate surface area is 83.7 Å². The first-order valence-corrected chi connectivity index (χ1v) is 2.99. The van der Waals surface area contributed by atoms with E-state index in [-0.39, 0.29) is 47.5 Å². The molecule has 0 N–H and O–H groups in total. The van der Waals surface area contributed by atoms with Crippen molar-refractivity contribution in [1.82, 2.24) is 0 Å². The molecule has 3 nitrogen and oxygen atoms in total. The molecule has 0 rings (SSSR count). The van der Waals surface area contributed by atoms with E-state index in [9.17, 15) is 0 Å². The zero-order chi connectivity index (χ0) is 8.12. The molecule has 0 aromatic rings. The summed E-state index contributed by atoms with van der Waals surface area (Å²) < 4.78 is 0. The molecule has 0 bridgehead atoms. The molecule has 0 radical (unpaired) electrons. The average molecular weight is 227 g/mol. The van der Waals surface area contributed by atoms with Crippen LogP contribution >= 0.6 is 0 Å². The molecule has 4 heteroatoms. The molecule has 0 atom stereocenters. The fourth-order valence-corrected chi connectivity index (χ4v) is 0. The van der Waals surface area contributed by atoms with Crippen LogP contribution in [0.4, 0.5) is 0 Å². The Bertz CT molecular complexity index is 22.5. The standard InChI is InChI=1S/3C2H5O.Zr.H/c3*1-2-3;;/h3*2H2,1H3;;/q3*-1;+4;-1. The fourth-order valence-electron chi connectivity index (χ4n) is 0. The van der Waals surface area contributed by atoms with E-state index in [0.29, 0.717) is 0 Å². The van der Waals surface area contributed by atoms with Crippen molar-refractivity contribution in [1.29, 1.82) is 0 Å². The smallest absolute Gasteiger partial charge is 1.00 e. The molecule has 0 unspecified atom stereocenters. The van der Waals surface area contributed by atoms with Crippen LogP contribution in [0.2, 0.25) is 0 Å². The van der Waals surface area contributed by atoms with Crippen LogP contribution in [0.25, 0.3) is 0 Å². The third-order valence-electron chi connectivity index (χ3n) is 0. The second-order valence-electron chi connectivity index (χ2n) is 0.866. The maximum absolute atomic E-state index is 8.93.